The van der Waals surface area contributed by atoms with E-state index in [9.17, 15) is 31.1 Å². The monoisotopic (exact) mass is 441 g/mol. The molecule has 1 aromatic heterocycles. The third-order valence-corrected chi connectivity index (χ3v) is 5.14. The third-order valence-electron chi connectivity index (χ3n) is 3.96. The van der Waals surface area contributed by atoms with Crippen LogP contribution in [0.15, 0.2) is 42.5 Å². The fraction of sp³-hybridized carbons (Fsp3) is 0.389. The largest absolute Gasteiger partial charge is 0.475 e. The van der Waals surface area contributed by atoms with Gasteiger partial charge in [-0.25, -0.2) is 0 Å². The van der Waals surface area contributed by atoms with Gasteiger partial charge in [-0.3, -0.25) is 4.79 Å². The van der Waals surface area contributed by atoms with E-state index in [1.54, 1.807) is 0 Å². The lowest BCUT2D eigenvalue weighted by atomic mass is 9.91. The molecule has 0 aliphatic rings. The number of nitrogens with one attached hydrogen (secondary N) is 1. The van der Waals surface area contributed by atoms with Gasteiger partial charge >= 0.3 is 12.4 Å². The number of amides is 1. The Labute approximate surface area is 166 Å². The van der Waals surface area contributed by atoms with Gasteiger partial charge < -0.3 is 14.8 Å². The standard InChI is InChI=1S/C18H17F6NO3S/c1-11(13-8-9-14(29-13)28-10-16(19,20)21)25-15(26)17(27-2,18(22,23)24)12-6-4-3-5-7-12/h3-9,11H,10H2,1-2H3,(H,25,26)/t11?,17-/m0/s1. The molecule has 0 spiro atoms. The highest BCUT2D eigenvalue weighted by Gasteiger charge is 2.62. The molecule has 1 N–H and O–H groups in total. The maximum absolute atomic E-state index is 13.9. The number of hydrogen-bond acceptors (Lipinski definition) is 4. The Hall–Kier alpha value is -2.27. The summed E-state index contributed by atoms with van der Waals surface area (Å²) >= 11 is 0.786. The summed E-state index contributed by atoms with van der Waals surface area (Å²) in [5, 5.41) is 2.15. The molecule has 1 amide bonds. The zero-order chi connectivity index (χ0) is 21.9. The maximum atomic E-state index is 13.9. The first-order valence-corrected chi connectivity index (χ1v) is 9.00. The first-order valence-electron chi connectivity index (χ1n) is 8.18. The van der Waals surface area contributed by atoms with E-state index in [0.29, 0.717) is 4.88 Å². The Bertz CT molecular complexity index is 821. The average molecular weight is 441 g/mol. The molecule has 11 heteroatoms. The fourth-order valence-electron chi connectivity index (χ4n) is 2.59. The van der Waals surface area contributed by atoms with Crippen molar-refractivity contribution >= 4 is 17.2 Å². The van der Waals surface area contributed by atoms with Crippen molar-refractivity contribution < 1.29 is 40.6 Å². The van der Waals surface area contributed by atoms with Crippen molar-refractivity contribution in [1.82, 2.24) is 5.32 Å². The summed E-state index contributed by atoms with van der Waals surface area (Å²) in [4.78, 5) is 13.0. The molecule has 0 aliphatic carbocycles. The van der Waals surface area contributed by atoms with Crippen LogP contribution >= 0.6 is 11.3 Å². The summed E-state index contributed by atoms with van der Waals surface area (Å²) in [7, 11) is 0.777. The van der Waals surface area contributed by atoms with E-state index in [1.165, 1.54) is 37.3 Å². The SMILES string of the molecule is CO[C@](C(=O)NC(C)c1ccc(OCC(F)(F)F)s1)(c1ccccc1)C(F)(F)F. The zero-order valence-electron chi connectivity index (χ0n) is 15.2. The predicted octanol–water partition coefficient (Wildman–Crippen LogP) is 4.97. The fourth-order valence-corrected chi connectivity index (χ4v) is 3.45. The summed E-state index contributed by atoms with van der Waals surface area (Å²) < 4.78 is 87.6. The maximum Gasteiger partial charge on any atom is 0.430 e. The van der Waals surface area contributed by atoms with Crippen LogP contribution in [-0.2, 0) is 15.1 Å². The highest BCUT2D eigenvalue weighted by atomic mass is 32.1. The van der Waals surface area contributed by atoms with Crippen LogP contribution in [0.3, 0.4) is 0 Å². The first-order chi connectivity index (χ1) is 13.4. The molecule has 0 aliphatic heterocycles. The number of halogens is 6. The van der Waals surface area contributed by atoms with Gasteiger partial charge in [-0.15, -0.1) is 11.3 Å². The highest BCUT2D eigenvalue weighted by Crippen LogP contribution is 2.43. The molecule has 2 atom stereocenters. The van der Waals surface area contributed by atoms with Crippen LogP contribution in [0, 0.1) is 0 Å². The van der Waals surface area contributed by atoms with Gasteiger partial charge in [0.05, 0.1) is 6.04 Å². The molecule has 2 aromatic rings. The summed E-state index contributed by atoms with van der Waals surface area (Å²) in [6, 6.07) is 8.10. The molecule has 160 valence electrons. The van der Waals surface area contributed by atoms with Crippen molar-refractivity contribution in [3.63, 3.8) is 0 Å². The van der Waals surface area contributed by atoms with E-state index >= 15 is 0 Å². The molecule has 0 radical (unpaired) electrons. The number of methoxy groups -OCH3 is 1. The number of rotatable bonds is 7. The Morgan fingerprint density at radius 1 is 1.07 bits per heavy atom. The minimum Gasteiger partial charge on any atom is -0.475 e. The second-order valence-corrected chi connectivity index (χ2v) is 7.08. The number of carbonyl (C=O) groups excluding carboxylic acids is 1. The Morgan fingerprint density at radius 3 is 2.21 bits per heavy atom. The number of ether oxygens (including phenoxy) is 2. The summed E-state index contributed by atoms with van der Waals surface area (Å²) in [5.41, 5.74) is -3.64. The van der Waals surface area contributed by atoms with Gasteiger partial charge in [0.2, 0.25) is 0 Å². The summed E-state index contributed by atoms with van der Waals surface area (Å²) in [6.45, 7) is -0.0956. The van der Waals surface area contributed by atoms with Crippen LogP contribution in [0.4, 0.5) is 26.3 Å². The van der Waals surface area contributed by atoms with Gasteiger partial charge in [-0.1, -0.05) is 30.3 Å². The van der Waals surface area contributed by atoms with Crippen LogP contribution in [-0.4, -0.2) is 32.0 Å². The van der Waals surface area contributed by atoms with Gasteiger partial charge in [-0.05, 0) is 19.1 Å². The molecule has 1 heterocycles. The molecule has 0 saturated heterocycles. The van der Waals surface area contributed by atoms with E-state index < -0.39 is 42.1 Å². The van der Waals surface area contributed by atoms with Gasteiger partial charge in [0.1, 0.15) is 0 Å². The number of benzene rings is 1. The molecule has 1 aromatic carbocycles. The molecule has 29 heavy (non-hydrogen) atoms. The van der Waals surface area contributed by atoms with Gasteiger partial charge in [-0.2, -0.15) is 26.3 Å². The van der Waals surface area contributed by atoms with E-state index in [4.69, 9.17) is 0 Å². The van der Waals surface area contributed by atoms with E-state index in [0.717, 1.165) is 30.6 Å². The number of carbonyl (C=O) groups is 1. The van der Waals surface area contributed by atoms with Crippen LogP contribution in [0.2, 0.25) is 0 Å². The van der Waals surface area contributed by atoms with E-state index in [2.05, 4.69) is 14.8 Å². The second-order valence-electron chi connectivity index (χ2n) is 6.00. The number of hydrogen-bond donors (Lipinski definition) is 1. The number of alkyl halides is 6. The molecule has 0 fully saturated rings. The van der Waals surface area contributed by atoms with Crippen LogP contribution in [0.1, 0.15) is 23.4 Å². The molecule has 1 unspecified atom stereocenters. The lowest BCUT2D eigenvalue weighted by Gasteiger charge is -2.34. The quantitative estimate of drug-likeness (QED) is 0.618. The van der Waals surface area contributed by atoms with E-state index in [-0.39, 0.29) is 5.06 Å². The van der Waals surface area contributed by atoms with Gasteiger partial charge in [0.15, 0.2) is 11.7 Å². The van der Waals surface area contributed by atoms with E-state index in [1.807, 2.05) is 0 Å². The van der Waals surface area contributed by atoms with Crippen molar-refractivity contribution in [2.75, 3.05) is 13.7 Å². The van der Waals surface area contributed by atoms with Crippen molar-refractivity contribution in [3.05, 3.63) is 52.9 Å². The lowest BCUT2D eigenvalue weighted by molar-refractivity contribution is -0.266. The molecule has 4 nitrogen and oxygen atoms in total. The van der Waals surface area contributed by atoms with Crippen molar-refractivity contribution in [3.8, 4) is 5.06 Å². The molecular weight excluding hydrogens is 424 g/mol. The van der Waals surface area contributed by atoms with Gasteiger partial charge in [0.25, 0.3) is 11.5 Å². The molecule has 0 bridgehead atoms. The van der Waals surface area contributed by atoms with Crippen molar-refractivity contribution in [2.24, 2.45) is 0 Å². The van der Waals surface area contributed by atoms with Crippen molar-refractivity contribution in [2.45, 2.75) is 30.9 Å². The average Bonchev–Trinajstić information content (AvgIpc) is 3.09. The molecular formula is C18H17F6NO3S. The topological polar surface area (TPSA) is 47.6 Å². The van der Waals surface area contributed by atoms with Crippen molar-refractivity contribution in [1.29, 1.82) is 0 Å². The summed E-state index contributed by atoms with van der Waals surface area (Å²) in [6.07, 6.45) is -9.59. The smallest absolute Gasteiger partial charge is 0.430 e. The van der Waals surface area contributed by atoms with Crippen LogP contribution in [0.25, 0.3) is 0 Å². The third kappa shape index (κ3) is 5.21. The minimum atomic E-state index is -5.07. The lowest BCUT2D eigenvalue weighted by Crippen LogP contribution is -2.56. The second kappa shape index (κ2) is 8.62. The number of thiophene rings is 1. The minimum absolute atomic E-state index is 0.0738. The Morgan fingerprint density at radius 2 is 1.69 bits per heavy atom. The Kier molecular flexibility index (Phi) is 6.84. The zero-order valence-corrected chi connectivity index (χ0v) is 16.0. The van der Waals surface area contributed by atoms with Crippen LogP contribution < -0.4 is 10.1 Å². The first kappa shape index (κ1) is 23.0. The predicted molar refractivity (Wildman–Crippen MR) is 93.6 cm³/mol. The van der Waals surface area contributed by atoms with Crippen LogP contribution in [0.5, 0.6) is 5.06 Å². The normalized spacial score (nSPS) is 15.4. The molecule has 2 rings (SSSR count). The highest BCUT2D eigenvalue weighted by molar-refractivity contribution is 7.13. The summed E-state index contributed by atoms with van der Waals surface area (Å²) in [5.74, 6) is -1.45. The molecule has 0 saturated carbocycles. The van der Waals surface area contributed by atoms with Gasteiger partial charge in [0, 0.05) is 17.6 Å². The Balaban J connectivity index is 2.23.